The molecule has 0 atom stereocenters. The van der Waals surface area contributed by atoms with Crippen LogP contribution in [0.4, 0.5) is 10.1 Å². The third-order valence-corrected chi connectivity index (χ3v) is 4.59. The molecule has 0 radical (unpaired) electrons. The molecule has 1 nitrogen and oxygen atoms in total. The molecule has 0 unspecified atom stereocenters. The molecule has 1 N–H and O–H groups in total. The van der Waals surface area contributed by atoms with Crippen LogP contribution < -0.4 is 5.32 Å². The molecule has 0 saturated carbocycles. The van der Waals surface area contributed by atoms with Crippen molar-refractivity contribution in [2.75, 3.05) is 5.32 Å². The SMILES string of the molecule is Fc1ccc(NCc2ccc(Br)c(Br)c2)c(Cl)c1. The average Bonchev–Trinajstić information content (AvgIpc) is 2.32. The van der Waals surface area contributed by atoms with Gasteiger partial charge in [0.1, 0.15) is 5.82 Å². The molecule has 0 aliphatic rings. The number of hydrogen-bond acceptors (Lipinski definition) is 1. The maximum absolute atomic E-state index is 12.9. The van der Waals surface area contributed by atoms with E-state index in [1.807, 2.05) is 18.2 Å². The van der Waals surface area contributed by atoms with Crippen molar-refractivity contribution in [3.63, 3.8) is 0 Å². The van der Waals surface area contributed by atoms with Crippen LogP contribution in [0, 0.1) is 5.82 Å². The fourth-order valence-corrected chi connectivity index (χ4v) is 2.39. The quantitative estimate of drug-likeness (QED) is 0.714. The molecule has 0 aliphatic carbocycles. The van der Waals surface area contributed by atoms with E-state index < -0.39 is 0 Å². The molecule has 0 fully saturated rings. The second-order valence-electron chi connectivity index (χ2n) is 3.73. The summed E-state index contributed by atoms with van der Waals surface area (Å²) in [7, 11) is 0. The third-order valence-electron chi connectivity index (χ3n) is 2.40. The topological polar surface area (TPSA) is 12.0 Å². The Morgan fingerprint density at radius 1 is 1.06 bits per heavy atom. The van der Waals surface area contributed by atoms with Crippen molar-refractivity contribution in [1.29, 1.82) is 0 Å². The van der Waals surface area contributed by atoms with Gasteiger partial charge >= 0.3 is 0 Å². The molecule has 0 aromatic heterocycles. The Balaban J connectivity index is 2.09. The maximum Gasteiger partial charge on any atom is 0.124 e. The zero-order chi connectivity index (χ0) is 13.1. The van der Waals surface area contributed by atoms with Gasteiger partial charge in [0.15, 0.2) is 0 Å². The molecule has 0 saturated heterocycles. The summed E-state index contributed by atoms with van der Waals surface area (Å²) in [6.07, 6.45) is 0. The van der Waals surface area contributed by atoms with E-state index in [0.29, 0.717) is 11.6 Å². The Morgan fingerprint density at radius 3 is 2.50 bits per heavy atom. The first-order chi connectivity index (χ1) is 8.56. The number of benzene rings is 2. The predicted molar refractivity (Wildman–Crippen MR) is 80.6 cm³/mol. The Labute approximate surface area is 127 Å². The average molecular weight is 393 g/mol. The minimum atomic E-state index is -0.336. The summed E-state index contributed by atoms with van der Waals surface area (Å²) in [6.45, 7) is 0.622. The van der Waals surface area contributed by atoms with Crippen molar-refractivity contribution in [2.45, 2.75) is 6.54 Å². The number of anilines is 1. The number of nitrogens with one attached hydrogen (secondary N) is 1. The lowest BCUT2D eigenvalue weighted by Crippen LogP contribution is -2.00. The molecule has 18 heavy (non-hydrogen) atoms. The lowest BCUT2D eigenvalue weighted by Gasteiger charge is -2.09. The molecule has 0 aliphatic heterocycles. The first-order valence-corrected chi connectivity index (χ1v) is 7.15. The Morgan fingerprint density at radius 2 is 1.83 bits per heavy atom. The Hall–Kier alpha value is -0.580. The summed E-state index contributed by atoms with van der Waals surface area (Å²) in [5.74, 6) is -0.336. The summed E-state index contributed by atoms with van der Waals surface area (Å²) < 4.78 is 14.9. The van der Waals surface area contributed by atoms with Crippen molar-refractivity contribution < 1.29 is 4.39 Å². The number of hydrogen-bond donors (Lipinski definition) is 1. The van der Waals surface area contributed by atoms with Gasteiger partial charge in [-0.2, -0.15) is 0 Å². The zero-order valence-corrected chi connectivity index (χ0v) is 13.1. The molecule has 0 spiro atoms. The molecular formula is C13H9Br2ClFN. The first-order valence-electron chi connectivity index (χ1n) is 5.19. The van der Waals surface area contributed by atoms with Crippen LogP contribution in [0.2, 0.25) is 5.02 Å². The van der Waals surface area contributed by atoms with Gasteiger partial charge in [-0.1, -0.05) is 17.7 Å². The zero-order valence-electron chi connectivity index (χ0n) is 9.18. The molecular weight excluding hydrogens is 384 g/mol. The van der Waals surface area contributed by atoms with E-state index >= 15 is 0 Å². The van der Waals surface area contributed by atoms with Crippen LogP contribution in [-0.4, -0.2) is 0 Å². The van der Waals surface area contributed by atoms with E-state index in [2.05, 4.69) is 37.2 Å². The maximum atomic E-state index is 12.9. The Kier molecular flexibility index (Phi) is 4.65. The summed E-state index contributed by atoms with van der Waals surface area (Å²) in [5.41, 5.74) is 1.82. The monoisotopic (exact) mass is 391 g/mol. The van der Waals surface area contributed by atoms with Crippen LogP contribution in [0.3, 0.4) is 0 Å². The van der Waals surface area contributed by atoms with E-state index in [-0.39, 0.29) is 5.82 Å². The highest BCUT2D eigenvalue weighted by atomic mass is 79.9. The third kappa shape index (κ3) is 3.46. The molecule has 2 aromatic rings. The number of rotatable bonds is 3. The molecule has 0 heterocycles. The van der Waals surface area contributed by atoms with Gasteiger partial charge in [-0.15, -0.1) is 0 Å². The predicted octanol–water partition coefficient (Wildman–Crippen LogP) is 5.62. The first kappa shape index (κ1) is 13.8. The minimum absolute atomic E-state index is 0.336. The smallest absolute Gasteiger partial charge is 0.124 e. The van der Waals surface area contributed by atoms with E-state index in [0.717, 1.165) is 20.2 Å². The lowest BCUT2D eigenvalue weighted by molar-refractivity contribution is 0.628. The van der Waals surface area contributed by atoms with Gasteiger partial charge in [-0.3, -0.25) is 0 Å². The van der Waals surface area contributed by atoms with Crippen molar-refractivity contribution >= 4 is 49.1 Å². The van der Waals surface area contributed by atoms with Gasteiger partial charge < -0.3 is 5.32 Å². The fourth-order valence-electron chi connectivity index (χ4n) is 1.48. The van der Waals surface area contributed by atoms with Crippen LogP contribution in [-0.2, 0) is 6.54 Å². The van der Waals surface area contributed by atoms with Gasteiger partial charge in [-0.25, -0.2) is 4.39 Å². The summed E-state index contributed by atoms with van der Waals surface area (Å²) in [5, 5.41) is 3.55. The molecule has 0 bridgehead atoms. The molecule has 0 amide bonds. The highest BCUT2D eigenvalue weighted by Gasteiger charge is 2.03. The second kappa shape index (κ2) is 6.04. The standard InChI is InChI=1S/C13H9Br2ClFN/c14-10-3-1-8(5-11(10)15)7-18-13-4-2-9(17)6-12(13)16/h1-6,18H,7H2. The van der Waals surface area contributed by atoms with Crippen molar-refractivity contribution in [3.05, 3.63) is 61.7 Å². The normalized spacial score (nSPS) is 10.4. The van der Waals surface area contributed by atoms with Crippen LogP contribution in [0.5, 0.6) is 0 Å². The summed E-state index contributed by atoms with van der Waals surface area (Å²) in [6, 6.07) is 10.3. The highest BCUT2D eigenvalue weighted by molar-refractivity contribution is 9.13. The van der Waals surface area contributed by atoms with Crippen LogP contribution in [0.15, 0.2) is 45.3 Å². The molecule has 2 aromatic carbocycles. The highest BCUT2D eigenvalue weighted by Crippen LogP contribution is 2.26. The van der Waals surface area contributed by atoms with Crippen LogP contribution in [0.25, 0.3) is 0 Å². The van der Waals surface area contributed by atoms with E-state index in [9.17, 15) is 4.39 Å². The van der Waals surface area contributed by atoms with Gasteiger partial charge in [0.2, 0.25) is 0 Å². The van der Waals surface area contributed by atoms with Crippen LogP contribution in [0.1, 0.15) is 5.56 Å². The van der Waals surface area contributed by atoms with Gasteiger partial charge in [0.05, 0.1) is 10.7 Å². The fraction of sp³-hybridized carbons (Fsp3) is 0.0769. The van der Waals surface area contributed by atoms with E-state index in [1.54, 1.807) is 6.07 Å². The van der Waals surface area contributed by atoms with Crippen molar-refractivity contribution in [1.82, 2.24) is 0 Å². The van der Waals surface area contributed by atoms with E-state index in [4.69, 9.17) is 11.6 Å². The lowest BCUT2D eigenvalue weighted by atomic mass is 10.2. The van der Waals surface area contributed by atoms with Gasteiger partial charge in [0.25, 0.3) is 0 Å². The van der Waals surface area contributed by atoms with Gasteiger partial charge in [0, 0.05) is 15.5 Å². The number of halogens is 4. The minimum Gasteiger partial charge on any atom is -0.380 e. The van der Waals surface area contributed by atoms with Crippen LogP contribution >= 0.6 is 43.5 Å². The molecule has 2 rings (SSSR count). The molecule has 94 valence electrons. The van der Waals surface area contributed by atoms with Crippen molar-refractivity contribution in [2.24, 2.45) is 0 Å². The van der Waals surface area contributed by atoms with E-state index in [1.165, 1.54) is 12.1 Å². The second-order valence-corrected chi connectivity index (χ2v) is 5.84. The summed E-state index contributed by atoms with van der Waals surface area (Å²) >= 11 is 12.8. The Bertz CT molecular complexity index is 575. The largest absolute Gasteiger partial charge is 0.380 e. The van der Waals surface area contributed by atoms with Gasteiger partial charge in [-0.05, 0) is 67.8 Å². The van der Waals surface area contributed by atoms with Crippen molar-refractivity contribution in [3.8, 4) is 0 Å². The summed E-state index contributed by atoms with van der Waals surface area (Å²) in [4.78, 5) is 0. The molecule has 5 heteroatoms.